The second-order valence-electron chi connectivity index (χ2n) is 12.6. The molecule has 0 aromatic carbocycles. The second kappa shape index (κ2) is 18.3. The van der Waals surface area contributed by atoms with Crippen molar-refractivity contribution in [2.45, 2.75) is 133 Å². The van der Waals surface area contributed by atoms with Gasteiger partial charge >= 0.3 is 0 Å². The third-order valence-electron chi connectivity index (χ3n) is 8.34. The fourth-order valence-corrected chi connectivity index (χ4v) is 5.98. The van der Waals surface area contributed by atoms with Gasteiger partial charge in [0.15, 0.2) is 6.29 Å². The minimum Gasteiger partial charge on any atom is -0.394 e. The van der Waals surface area contributed by atoms with Gasteiger partial charge in [-0.1, -0.05) is 27.7 Å². The number of methoxy groups -OCH3 is 1. The van der Waals surface area contributed by atoms with E-state index in [4.69, 9.17) is 28.8 Å². The highest BCUT2D eigenvalue weighted by molar-refractivity contribution is 5.73. The second-order valence-corrected chi connectivity index (χ2v) is 12.6. The van der Waals surface area contributed by atoms with Crippen LogP contribution < -0.4 is 10.6 Å². The molecule has 270 valence electrons. The predicted octanol–water partition coefficient (Wildman–Crippen LogP) is -4.26. The van der Waals surface area contributed by atoms with Crippen molar-refractivity contribution in [3.8, 4) is 0 Å². The number of hydrogen-bond acceptors (Lipinski definition) is 15. The van der Waals surface area contributed by atoms with Crippen molar-refractivity contribution in [3.05, 3.63) is 0 Å². The SMILES string of the molecule is CC(=O)NC1[C@H](C(C)C)OC(CO)[C@H](O)[C@@H]1O.CO[C@@H]1C(O)[C@H](O[C@@H]2C(NC(C)=O)[C@H](C(C)C)OC(CO)[C@@H]2O)OC(CO)[C@@H]1O. The summed E-state index contributed by atoms with van der Waals surface area (Å²) in [5, 5.41) is 84.5. The zero-order valence-corrected chi connectivity index (χ0v) is 27.4. The molecule has 0 bridgehead atoms. The third-order valence-corrected chi connectivity index (χ3v) is 8.34. The topological polar surface area (TPSA) is 266 Å². The Labute approximate surface area is 268 Å². The van der Waals surface area contributed by atoms with E-state index in [1.807, 2.05) is 27.7 Å². The van der Waals surface area contributed by atoms with Gasteiger partial charge in [-0.2, -0.15) is 0 Å². The lowest BCUT2D eigenvalue weighted by molar-refractivity contribution is -0.335. The molecule has 3 aliphatic heterocycles. The van der Waals surface area contributed by atoms with E-state index in [1.165, 1.54) is 21.0 Å². The Balaban J connectivity index is 0.000000368. The predicted molar refractivity (Wildman–Crippen MR) is 158 cm³/mol. The van der Waals surface area contributed by atoms with Crippen molar-refractivity contribution in [1.29, 1.82) is 0 Å². The van der Waals surface area contributed by atoms with Crippen LogP contribution in [-0.2, 0) is 33.3 Å². The van der Waals surface area contributed by atoms with E-state index < -0.39 is 105 Å². The van der Waals surface area contributed by atoms with Gasteiger partial charge in [-0.3, -0.25) is 9.59 Å². The van der Waals surface area contributed by atoms with Gasteiger partial charge in [0.25, 0.3) is 0 Å². The Hall–Kier alpha value is -1.58. The van der Waals surface area contributed by atoms with Gasteiger partial charge in [-0.15, -0.1) is 0 Å². The van der Waals surface area contributed by atoms with Crippen molar-refractivity contribution in [2.24, 2.45) is 11.8 Å². The summed E-state index contributed by atoms with van der Waals surface area (Å²) < 4.78 is 27.8. The molecule has 46 heavy (non-hydrogen) atoms. The molecule has 0 aromatic heterocycles. The lowest BCUT2D eigenvalue weighted by Gasteiger charge is -2.49. The van der Waals surface area contributed by atoms with Gasteiger partial charge in [0.1, 0.15) is 61.0 Å². The highest BCUT2D eigenvalue weighted by Crippen LogP contribution is 2.32. The number of aliphatic hydroxyl groups excluding tert-OH is 8. The normalized spacial score (nSPS) is 41.5. The first-order valence-electron chi connectivity index (χ1n) is 15.5. The zero-order chi connectivity index (χ0) is 35.0. The molecule has 0 radical (unpaired) electrons. The zero-order valence-electron chi connectivity index (χ0n) is 27.4. The van der Waals surface area contributed by atoms with Crippen LogP contribution in [0.15, 0.2) is 0 Å². The summed E-state index contributed by atoms with van der Waals surface area (Å²) in [6, 6.07) is -1.47. The van der Waals surface area contributed by atoms with Crippen LogP contribution in [0.25, 0.3) is 0 Å². The van der Waals surface area contributed by atoms with Gasteiger partial charge in [-0.05, 0) is 11.8 Å². The van der Waals surface area contributed by atoms with Gasteiger partial charge in [0, 0.05) is 21.0 Å². The molecular weight excluding hydrogens is 616 g/mol. The fourth-order valence-electron chi connectivity index (χ4n) is 5.98. The molecule has 15 atom stereocenters. The van der Waals surface area contributed by atoms with Crippen molar-refractivity contribution >= 4 is 11.8 Å². The van der Waals surface area contributed by atoms with E-state index in [0.29, 0.717) is 0 Å². The summed E-state index contributed by atoms with van der Waals surface area (Å²) in [4.78, 5) is 22.8. The van der Waals surface area contributed by atoms with Crippen LogP contribution in [0, 0.1) is 11.8 Å². The summed E-state index contributed by atoms with van der Waals surface area (Å²) in [5.74, 6) is -0.729. The first-order chi connectivity index (χ1) is 21.5. The summed E-state index contributed by atoms with van der Waals surface area (Å²) in [6.45, 7) is 8.74. The van der Waals surface area contributed by atoms with Crippen LogP contribution in [0.5, 0.6) is 0 Å². The van der Waals surface area contributed by atoms with Crippen LogP contribution >= 0.6 is 0 Å². The Morgan fingerprint density at radius 3 is 1.48 bits per heavy atom. The highest BCUT2D eigenvalue weighted by atomic mass is 16.7. The molecule has 3 heterocycles. The Bertz CT molecular complexity index is 944. The fraction of sp³-hybridized carbons (Fsp3) is 0.931. The molecule has 3 aliphatic rings. The summed E-state index contributed by atoms with van der Waals surface area (Å²) in [6.07, 6.45) is -13.9. The molecule has 0 saturated carbocycles. The molecule has 6 unspecified atom stereocenters. The number of carbonyl (C=O) groups is 2. The Morgan fingerprint density at radius 2 is 1.04 bits per heavy atom. The number of amides is 2. The lowest BCUT2D eigenvalue weighted by atomic mass is 9.87. The van der Waals surface area contributed by atoms with Gasteiger partial charge in [0.2, 0.25) is 11.8 Å². The highest BCUT2D eigenvalue weighted by Gasteiger charge is 2.52. The molecule has 0 spiro atoms. The third kappa shape index (κ3) is 9.74. The summed E-state index contributed by atoms with van der Waals surface area (Å²) in [5.41, 5.74) is 0. The summed E-state index contributed by atoms with van der Waals surface area (Å²) >= 11 is 0. The molecule has 2 amide bonds. The number of ether oxygens (including phenoxy) is 5. The first kappa shape index (κ1) is 40.6. The quantitative estimate of drug-likeness (QED) is 0.105. The number of nitrogens with one attached hydrogen (secondary N) is 2. The molecule has 10 N–H and O–H groups in total. The van der Waals surface area contributed by atoms with Gasteiger partial charge in [0.05, 0.1) is 44.1 Å². The largest absolute Gasteiger partial charge is 0.394 e. The molecule has 17 nitrogen and oxygen atoms in total. The number of aliphatic hydroxyl groups is 8. The molecule has 3 saturated heterocycles. The minimum absolute atomic E-state index is 0.0445. The number of rotatable bonds is 10. The van der Waals surface area contributed by atoms with Crippen molar-refractivity contribution < 1.29 is 74.1 Å². The monoisotopic (exact) mass is 670 g/mol. The maximum absolute atomic E-state index is 11.8. The molecule has 17 heteroatoms. The van der Waals surface area contributed by atoms with E-state index in [1.54, 1.807) is 0 Å². The van der Waals surface area contributed by atoms with Crippen LogP contribution in [-0.4, -0.2) is 171 Å². The van der Waals surface area contributed by atoms with Crippen LogP contribution in [0.1, 0.15) is 41.5 Å². The minimum atomic E-state index is -1.43. The average Bonchev–Trinajstić information content (AvgIpc) is 2.98. The molecule has 3 rings (SSSR count). The van der Waals surface area contributed by atoms with E-state index in [0.717, 1.165) is 0 Å². The van der Waals surface area contributed by atoms with Gasteiger partial charge in [-0.25, -0.2) is 0 Å². The van der Waals surface area contributed by atoms with Crippen LogP contribution in [0.2, 0.25) is 0 Å². The average molecular weight is 671 g/mol. The molecular formula is C29H54N2O15. The van der Waals surface area contributed by atoms with E-state index in [9.17, 15) is 45.3 Å². The van der Waals surface area contributed by atoms with Crippen LogP contribution in [0.4, 0.5) is 0 Å². The maximum atomic E-state index is 11.8. The first-order valence-corrected chi connectivity index (χ1v) is 15.5. The van der Waals surface area contributed by atoms with Crippen molar-refractivity contribution in [3.63, 3.8) is 0 Å². The van der Waals surface area contributed by atoms with E-state index in [2.05, 4.69) is 10.6 Å². The number of carbonyl (C=O) groups excluding carboxylic acids is 2. The number of hydrogen-bond donors (Lipinski definition) is 10. The van der Waals surface area contributed by atoms with Crippen molar-refractivity contribution in [2.75, 3.05) is 26.9 Å². The summed E-state index contributed by atoms with van der Waals surface area (Å²) in [7, 11) is 1.29. The smallest absolute Gasteiger partial charge is 0.217 e. The lowest BCUT2D eigenvalue weighted by Crippen LogP contribution is -2.68. The van der Waals surface area contributed by atoms with Crippen LogP contribution in [0.3, 0.4) is 0 Å². The van der Waals surface area contributed by atoms with Gasteiger partial charge < -0.3 is 75.2 Å². The van der Waals surface area contributed by atoms with Crippen molar-refractivity contribution in [1.82, 2.24) is 10.6 Å². The molecule has 3 fully saturated rings. The molecule has 0 aliphatic carbocycles. The van der Waals surface area contributed by atoms with E-state index in [-0.39, 0.29) is 30.3 Å². The maximum Gasteiger partial charge on any atom is 0.217 e. The Morgan fingerprint density at radius 1 is 0.630 bits per heavy atom. The van der Waals surface area contributed by atoms with E-state index >= 15 is 0 Å². The Kier molecular flexibility index (Phi) is 16.1. The standard InChI is InChI=1S/C18H33NO10.C11H21NO5/c1-7(2)15-11(19-8(3)22)16(12(23)9(5-20)27-15)29-18-14(25)17(26-4)13(24)10(6-21)28-18;1-5(2)11-8(12-6(3)14)10(16)9(15)7(4-13)17-11/h7,9-18,20-21,23-25H,5-6H2,1-4H3,(H,19,22);5,7-11,13,15-16H,4H2,1-3H3,(H,12,14)/t9?,10?,11?,12-,13-,14?,15-,16+,17-,18-;7?,8?,9-,10+,11-/m00/s1. The molecule has 0 aromatic rings.